The first-order valence-electron chi connectivity index (χ1n) is 5.70. The molecule has 0 aliphatic carbocycles. The Morgan fingerprint density at radius 3 is 2.67 bits per heavy atom. The normalized spacial score (nSPS) is 10.9. The Morgan fingerprint density at radius 2 is 2.06 bits per heavy atom. The molecule has 0 amide bonds. The summed E-state index contributed by atoms with van der Waals surface area (Å²) in [5, 5.41) is 7.99. The molecule has 0 aliphatic rings. The van der Waals surface area contributed by atoms with E-state index < -0.39 is 0 Å². The number of rotatable bonds is 4. The van der Waals surface area contributed by atoms with Gasteiger partial charge in [0.25, 0.3) is 0 Å². The predicted octanol–water partition coefficient (Wildman–Crippen LogP) is 2.81. The number of halogens is 2. The van der Waals surface area contributed by atoms with Gasteiger partial charge in [0.15, 0.2) is 0 Å². The van der Waals surface area contributed by atoms with Crippen LogP contribution in [0.4, 0.5) is 4.39 Å². The van der Waals surface area contributed by atoms with Crippen molar-refractivity contribution in [3.8, 4) is 0 Å². The summed E-state index contributed by atoms with van der Waals surface area (Å²) in [6.45, 7) is 3.29. The molecule has 2 rings (SSSR count). The van der Waals surface area contributed by atoms with Crippen molar-refractivity contribution in [3.05, 3.63) is 52.1 Å². The van der Waals surface area contributed by atoms with Gasteiger partial charge in [-0.3, -0.25) is 4.68 Å². The molecule has 0 radical (unpaired) electrons. The van der Waals surface area contributed by atoms with E-state index in [1.807, 2.05) is 20.2 Å². The molecule has 0 atom stereocenters. The van der Waals surface area contributed by atoms with Crippen molar-refractivity contribution in [1.29, 1.82) is 0 Å². The van der Waals surface area contributed by atoms with Gasteiger partial charge in [-0.15, -0.1) is 0 Å². The number of aromatic nitrogens is 2. The van der Waals surface area contributed by atoms with Crippen molar-refractivity contribution in [2.75, 3.05) is 0 Å². The topological polar surface area (TPSA) is 29.9 Å². The van der Waals surface area contributed by atoms with Crippen LogP contribution in [0, 0.1) is 12.7 Å². The molecule has 0 fully saturated rings. The van der Waals surface area contributed by atoms with Crippen LogP contribution in [-0.2, 0) is 20.1 Å². The van der Waals surface area contributed by atoms with E-state index in [0.29, 0.717) is 18.1 Å². The highest BCUT2D eigenvalue weighted by Crippen LogP contribution is 2.17. The summed E-state index contributed by atoms with van der Waals surface area (Å²) in [6.07, 6.45) is 1.98. The minimum atomic E-state index is -0.313. The Balaban J connectivity index is 1.94. The summed E-state index contributed by atoms with van der Waals surface area (Å²) in [5.41, 5.74) is 3.05. The van der Waals surface area contributed by atoms with E-state index in [1.165, 1.54) is 12.1 Å². The Morgan fingerprint density at radius 1 is 1.33 bits per heavy atom. The van der Waals surface area contributed by atoms with Gasteiger partial charge in [0.05, 0.1) is 5.69 Å². The first-order chi connectivity index (χ1) is 8.56. The lowest BCUT2D eigenvalue weighted by Crippen LogP contribution is -2.13. The number of hydrogen-bond donors (Lipinski definition) is 1. The average molecular weight is 268 g/mol. The van der Waals surface area contributed by atoms with E-state index in [1.54, 1.807) is 10.7 Å². The lowest BCUT2D eigenvalue weighted by molar-refractivity contribution is 0.625. The fraction of sp³-hybridized carbons (Fsp3) is 0.308. The summed E-state index contributed by atoms with van der Waals surface area (Å²) >= 11 is 5.95. The summed E-state index contributed by atoms with van der Waals surface area (Å²) in [5.74, 6) is -0.313. The van der Waals surface area contributed by atoms with Crippen molar-refractivity contribution in [3.63, 3.8) is 0 Å². The lowest BCUT2D eigenvalue weighted by Gasteiger charge is -2.06. The standard InChI is InChI=1S/C13H15ClFN3/c1-9-11(8-18(2)17-9)7-16-6-10-3-4-12(15)5-13(10)14/h3-5,8,16H,6-7H2,1-2H3. The molecule has 2 aromatic rings. The summed E-state index contributed by atoms with van der Waals surface area (Å²) in [6, 6.07) is 4.44. The van der Waals surface area contributed by atoms with Crippen LogP contribution in [0.1, 0.15) is 16.8 Å². The first kappa shape index (κ1) is 13.1. The fourth-order valence-corrected chi connectivity index (χ4v) is 2.05. The maximum atomic E-state index is 12.9. The van der Waals surface area contributed by atoms with Crippen LogP contribution >= 0.6 is 11.6 Å². The lowest BCUT2D eigenvalue weighted by atomic mass is 10.2. The Kier molecular flexibility index (Phi) is 3.99. The van der Waals surface area contributed by atoms with Crippen molar-refractivity contribution < 1.29 is 4.39 Å². The molecule has 1 aromatic carbocycles. The van der Waals surface area contributed by atoms with Crippen LogP contribution < -0.4 is 5.32 Å². The van der Waals surface area contributed by atoms with Crippen LogP contribution in [0.25, 0.3) is 0 Å². The fourth-order valence-electron chi connectivity index (χ4n) is 1.82. The van der Waals surface area contributed by atoms with Crippen molar-refractivity contribution in [1.82, 2.24) is 15.1 Å². The molecule has 0 saturated carbocycles. The van der Waals surface area contributed by atoms with Gasteiger partial charge in [-0.2, -0.15) is 5.10 Å². The smallest absolute Gasteiger partial charge is 0.124 e. The highest BCUT2D eigenvalue weighted by molar-refractivity contribution is 6.31. The molecule has 1 aromatic heterocycles. The van der Waals surface area contributed by atoms with Gasteiger partial charge in [0.1, 0.15) is 5.82 Å². The van der Waals surface area contributed by atoms with Gasteiger partial charge in [-0.05, 0) is 24.6 Å². The van der Waals surface area contributed by atoms with Crippen molar-refractivity contribution in [2.24, 2.45) is 7.05 Å². The monoisotopic (exact) mass is 267 g/mol. The molecule has 18 heavy (non-hydrogen) atoms. The Hall–Kier alpha value is -1.39. The average Bonchev–Trinajstić information content (AvgIpc) is 2.61. The molecule has 3 nitrogen and oxygen atoms in total. The highest BCUT2D eigenvalue weighted by Gasteiger charge is 2.04. The van der Waals surface area contributed by atoms with Gasteiger partial charge in [-0.1, -0.05) is 17.7 Å². The van der Waals surface area contributed by atoms with Gasteiger partial charge >= 0.3 is 0 Å². The molecule has 0 saturated heterocycles. The van der Waals surface area contributed by atoms with Gasteiger partial charge < -0.3 is 5.32 Å². The number of nitrogens with one attached hydrogen (secondary N) is 1. The van der Waals surface area contributed by atoms with E-state index in [0.717, 1.165) is 16.8 Å². The number of nitrogens with zero attached hydrogens (tertiary/aromatic N) is 2. The SMILES string of the molecule is Cc1nn(C)cc1CNCc1ccc(F)cc1Cl. The van der Waals surface area contributed by atoms with Gasteiger partial charge in [-0.25, -0.2) is 4.39 Å². The van der Waals surface area contributed by atoms with E-state index in [2.05, 4.69) is 10.4 Å². The van der Waals surface area contributed by atoms with Crippen molar-refractivity contribution >= 4 is 11.6 Å². The number of aryl methyl sites for hydroxylation is 2. The van der Waals surface area contributed by atoms with Crippen LogP contribution in [0.2, 0.25) is 5.02 Å². The highest BCUT2D eigenvalue weighted by atomic mass is 35.5. The first-order valence-corrected chi connectivity index (χ1v) is 6.08. The predicted molar refractivity (Wildman–Crippen MR) is 69.9 cm³/mol. The van der Waals surface area contributed by atoms with E-state index in [4.69, 9.17) is 11.6 Å². The van der Waals surface area contributed by atoms with E-state index in [9.17, 15) is 4.39 Å². The van der Waals surface area contributed by atoms with Crippen LogP contribution in [0.5, 0.6) is 0 Å². The van der Waals surface area contributed by atoms with Gasteiger partial charge in [0, 0.05) is 36.9 Å². The molecule has 0 aliphatic heterocycles. The minimum absolute atomic E-state index is 0.313. The third-order valence-corrected chi connectivity index (χ3v) is 3.11. The summed E-state index contributed by atoms with van der Waals surface area (Å²) < 4.78 is 14.7. The van der Waals surface area contributed by atoms with E-state index >= 15 is 0 Å². The Bertz CT molecular complexity index is 551. The zero-order valence-electron chi connectivity index (χ0n) is 10.4. The summed E-state index contributed by atoms with van der Waals surface area (Å²) in [7, 11) is 1.90. The zero-order chi connectivity index (χ0) is 13.1. The summed E-state index contributed by atoms with van der Waals surface area (Å²) in [4.78, 5) is 0. The third kappa shape index (κ3) is 3.09. The minimum Gasteiger partial charge on any atom is -0.308 e. The Labute approximate surface area is 111 Å². The van der Waals surface area contributed by atoms with Crippen LogP contribution in [-0.4, -0.2) is 9.78 Å². The zero-order valence-corrected chi connectivity index (χ0v) is 11.1. The molecule has 0 unspecified atom stereocenters. The van der Waals surface area contributed by atoms with Gasteiger partial charge in [0.2, 0.25) is 0 Å². The quantitative estimate of drug-likeness (QED) is 0.923. The largest absolute Gasteiger partial charge is 0.308 e. The molecule has 96 valence electrons. The molecule has 0 spiro atoms. The maximum absolute atomic E-state index is 12.9. The molecular formula is C13H15ClFN3. The molecule has 1 heterocycles. The van der Waals surface area contributed by atoms with Crippen LogP contribution in [0.15, 0.2) is 24.4 Å². The second-order valence-electron chi connectivity index (χ2n) is 4.25. The number of benzene rings is 1. The second kappa shape index (κ2) is 5.50. The molecule has 1 N–H and O–H groups in total. The molecule has 5 heteroatoms. The molecular weight excluding hydrogens is 253 g/mol. The number of hydrogen-bond acceptors (Lipinski definition) is 2. The maximum Gasteiger partial charge on any atom is 0.124 e. The van der Waals surface area contributed by atoms with Crippen molar-refractivity contribution in [2.45, 2.75) is 20.0 Å². The van der Waals surface area contributed by atoms with Crippen LogP contribution in [0.3, 0.4) is 0 Å². The van der Waals surface area contributed by atoms with E-state index in [-0.39, 0.29) is 5.82 Å². The third-order valence-electron chi connectivity index (χ3n) is 2.76. The molecule has 0 bridgehead atoms. The second-order valence-corrected chi connectivity index (χ2v) is 4.66.